The van der Waals surface area contributed by atoms with Gasteiger partial charge >= 0.3 is 12.1 Å². The molecule has 0 saturated carbocycles. The number of amides is 2. The first-order chi connectivity index (χ1) is 16.3. The number of hydrogen-bond acceptors (Lipinski definition) is 6. The lowest BCUT2D eigenvalue weighted by Gasteiger charge is -2.22. The summed E-state index contributed by atoms with van der Waals surface area (Å²) in [5.74, 6) is -2.12. The summed E-state index contributed by atoms with van der Waals surface area (Å²) in [5.41, 5.74) is 2.63. The van der Waals surface area contributed by atoms with E-state index in [1.54, 1.807) is 0 Å². The van der Waals surface area contributed by atoms with Gasteiger partial charge in [-0.25, -0.2) is 9.59 Å². The molecule has 0 bridgehead atoms. The van der Waals surface area contributed by atoms with E-state index in [1.807, 2.05) is 36.4 Å². The van der Waals surface area contributed by atoms with Gasteiger partial charge in [0.2, 0.25) is 0 Å². The van der Waals surface area contributed by atoms with E-state index in [0.29, 0.717) is 0 Å². The van der Waals surface area contributed by atoms with Crippen molar-refractivity contribution in [1.29, 1.82) is 0 Å². The maximum Gasteiger partial charge on any atom is 0.407 e. The van der Waals surface area contributed by atoms with Crippen molar-refractivity contribution in [3.05, 3.63) is 83.3 Å². The Hall–Kier alpha value is -4.11. The molecule has 0 radical (unpaired) electrons. The Kier molecular flexibility index (Phi) is 6.38. The molecule has 0 spiro atoms. The molecule has 1 heterocycles. The number of benzene rings is 2. The monoisotopic (exact) mass is 464 g/mol. The van der Waals surface area contributed by atoms with Gasteiger partial charge < -0.3 is 30.0 Å². The van der Waals surface area contributed by atoms with E-state index < -0.39 is 30.1 Å². The number of nitrogens with one attached hydrogen (secondary N) is 2. The number of furan rings is 1. The Labute approximate surface area is 195 Å². The van der Waals surface area contributed by atoms with Crippen LogP contribution >= 0.6 is 0 Å². The molecule has 9 nitrogen and oxygen atoms in total. The predicted octanol–water partition coefficient (Wildman–Crippen LogP) is 2.88. The van der Waals surface area contributed by atoms with E-state index in [4.69, 9.17) is 14.3 Å². The molecule has 0 fully saturated rings. The molecule has 1 atom stereocenters. The summed E-state index contributed by atoms with van der Waals surface area (Å²) < 4.78 is 10.8. The zero-order chi connectivity index (χ0) is 24.3. The average Bonchev–Trinajstić information content (AvgIpc) is 3.44. The average molecular weight is 464 g/mol. The van der Waals surface area contributed by atoms with Crippen LogP contribution in [0.3, 0.4) is 0 Å². The minimum atomic E-state index is -1.84. The first kappa shape index (κ1) is 23.1. The van der Waals surface area contributed by atoms with Crippen molar-refractivity contribution in [2.24, 2.45) is 0 Å². The highest BCUT2D eigenvalue weighted by Crippen LogP contribution is 2.44. The summed E-state index contributed by atoms with van der Waals surface area (Å²) in [6, 6.07) is 18.9. The maximum absolute atomic E-state index is 12.3. The third-order valence-electron chi connectivity index (χ3n) is 5.81. The Morgan fingerprint density at radius 3 is 2.21 bits per heavy atom. The van der Waals surface area contributed by atoms with Crippen LogP contribution in [0.4, 0.5) is 4.79 Å². The number of carboxylic acid groups (broad SMARTS) is 1. The van der Waals surface area contributed by atoms with Crippen LogP contribution in [0.15, 0.2) is 65.1 Å². The lowest BCUT2D eigenvalue weighted by Crippen LogP contribution is -2.54. The maximum atomic E-state index is 12.3. The highest BCUT2D eigenvalue weighted by Gasteiger charge is 2.35. The van der Waals surface area contributed by atoms with E-state index in [-0.39, 0.29) is 30.6 Å². The van der Waals surface area contributed by atoms with Gasteiger partial charge in [0.25, 0.3) is 5.91 Å². The molecule has 1 aliphatic carbocycles. The van der Waals surface area contributed by atoms with Crippen LogP contribution in [0.2, 0.25) is 0 Å². The molecule has 1 unspecified atom stereocenters. The topological polar surface area (TPSA) is 138 Å². The van der Waals surface area contributed by atoms with Crippen molar-refractivity contribution >= 4 is 18.0 Å². The highest BCUT2D eigenvalue weighted by atomic mass is 16.5. The number of carboxylic acids is 1. The fourth-order valence-corrected chi connectivity index (χ4v) is 3.88. The standard InChI is InChI=1S/C25H24N2O7/c1-25(14-28,23(30)31)27-22(29)21-11-10-15(34-21)12-26-24(32)33-13-20-18-8-4-2-6-16(18)17-7-3-5-9-19(17)20/h2-11,20,28H,12-14H2,1H3,(H,26,32)(H,27,29)(H,30,31). The molecule has 3 aromatic rings. The zero-order valence-electron chi connectivity index (χ0n) is 18.4. The Bertz CT molecular complexity index is 1190. The molecule has 2 aromatic carbocycles. The summed E-state index contributed by atoms with van der Waals surface area (Å²) in [6.45, 7) is 0.529. The number of hydrogen-bond donors (Lipinski definition) is 4. The van der Waals surface area contributed by atoms with E-state index in [9.17, 15) is 19.5 Å². The third kappa shape index (κ3) is 4.51. The van der Waals surface area contributed by atoms with E-state index in [0.717, 1.165) is 22.3 Å². The largest absolute Gasteiger partial charge is 0.479 e. The molecule has 0 saturated heterocycles. The number of aliphatic hydroxyl groups excluding tert-OH is 1. The van der Waals surface area contributed by atoms with Crippen LogP contribution in [0.5, 0.6) is 0 Å². The lowest BCUT2D eigenvalue weighted by atomic mass is 9.98. The first-order valence-corrected chi connectivity index (χ1v) is 10.7. The molecule has 9 heteroatoms. The van der Waals surface area contributed by atoms with Gasteiger partial charge in [-0.15, -0.1) is 0 Å². The fraction of sp³-hybridized carbons (Fsp3) is 0.240. The van der Waals surface area contributed by atoms with Crippen molar-refractivity contribution in [3.63, 3.8) is 0 Å². The molecular formula is C25H24N2O7. The first-order valence-electron chi connectivity index (χ1n) is 10.7. The van der Waals surface area contributed by atoms with Crippen LogP contribution in [-0.4, -0.2) is 46.9 Å². The van der Waals surface area contributed by atoms with Crippen LogP contribution in [0.1, 0.15) is 40.3 Å². The quantitative estimate of drug-likeness (QED) is 0.402. The molecule has 0 aliphatic heterocycles. The smallest absolute Gasteiger partial charge is 0.407 e. The van der Waals surface area contributed by atoms with E-state index >= 15 is 0 Å². The van der Waals surface area contributed by atoms with Gasteiger partial charge in [-0.2, -0.15) is 0 Å². The lowest BCUT2D eigenvalue weighted by molar-refractivity contribution is -0.145. The molecule has 1 aromatic heterocycles. The van der Waals surface area contributed by atoms with Gasteiger partial charge in [0.1, 0.15) is 12.4 Å². The van der Waals surface area contributed by atoms with Gasteiger partial charge in [-0.1, -0.05) is 48.5 Å². The molecule has 4 rings (SSSR count). The van der Waals surface area contributed by atoms with Crippen molar-refractivity contribution in [2.75, 3.05) is 13.2 Å². The third-order valence-corrected chi connectivity index (χ3v) is 5.81. The minimum absolute atomic E-state index is 0.0276. The molecule has 34 heavy (non-hydrogen) atoms. The van der Waals surface area contributed by atoms with Gasteiger partial charge in [0.15, 0.2) is 11.3 Å². The highest BCUT2D eigenvalue weighted by molar-refractivity contribution is 5.95. The number of aliphatic carboxylic acids is 1. The Balaban J connectivity index is 1.32. The van der Waals surface area contributed by atoms with Gasteiger partial charge in [0, 0.05) is 5.92 Å². The second kappa shape index (κ2) is 9.40. The van der Waals surface area contributed by atoms with Gasteiger partial charge in [0.05, 0.1) is 13.2 Å². The van der Waals surface area contributed by atoms with Crippen molar-refractivity contribution < 1.29 is 33.8 Å². The van der Waals surface area contributed by atoms with Crippen LogP contribution in [0, 0.1) is 0 Å². The fourth-order valence-electron chi connectivity index (χ4n) is 3.88. The van der Waals surface area contributed by atoms with Gasteiger partial charge in [-0.3, -0.25) is 4.79 Å². The van der Waals surface area contributed by atoms with Crippen molar-refractivity contribution in [2.45, 2.75) is 24.9 Å². The van der Waals surface area contributed by atoms with Crippen molar-refractivity contribution in [1.82, 2.24) is 10.6 Å². The van der Waals surface area contributed by atoms with E-state index in [2.05, 4.69) is 22.8 Å². The normalized spacial score (nSPS) is 13.9. The molecule has 2 amide bonds. The van der Waals surface area contributed by atoms with Crippen LogP contribution in [0.25, 0.3) is 11.1 Å². The van der Waals surface area contributed by atoms with Crippen LogP contribution < -0.4 is 10.6 Å². The predicted molar refractivity (Wildman–Crippen MR) is 121 cm³/mol. The number of carbonyl (C=O) groups excluding carboxylic acids is 2. The number of aliphatic hydroxyl groups is 1. The van der Waals surface area contributed by atoms with Gasteiger partial charge in [-0.05, 0) is 41.3 Å². The van der Waals surface area contributed by atoms with Crippen LogP contribution in [-0.2, 0) is 16.1 Å². The van der Waals surface area contributed by atoms with E-state index in [1.165, 1.54) is 19.1 Å². The number of fused-ring (bicyclic) bond motifs is 3. The summed E-state index contributed by atoms with van der Waals surface area (Å²) in [6.07, 6.45) is -0.636. The van der Waals surface area contributed by atoms with Crippen molar-refractivity contribution in [3.8, 4) is 11.1 Å². The summed E-state index contributed by atoms with van der Waals surface area (Å²) in [5, 5.41) is 23.2. The summed E-state index contributed by atoms with van der Waals surface area (Å²) >= 11 is 0. The minimum Gasteiger partial charge on any atom is -0.479 e. The Morgan fingerprint density at radius 1 is 1.00 bits per heavy atom. The Morgan fingerprint density at radius 2 is 1.62 bits per heavy atom. The second-order valence-electron chi connectivity index (χ2n) is 8.19. The SMILES string of the molecule is CC(CO)(NC(=O)c1ccc(CNC(=O)OCC2c3ccccc3-c3ccccc32)o1)C(=O)O. The number of ether oxygens (including phenoxy) is 1. The molecular weight excluding hydrogens is 440 g/mol. The number of carbonyl (C=O) groups is 3. The molecule has 1 aliphatic rings. The molecule has 176 valence electrons. The molecule has 4 N–H and O–H groups in total. The zero-order valence-corrected chi connectivity index (χ0v) is 18.4. The summed E-state index contributed by atoms with van der Waals surface area (Å²) in [7, 11) is 0. The summed E-state index contributed by atoms with van der Waals surface area (Å²) in [4.78, 5) is 35.8. The number of alkyl carbamates (subject to hydrolysis) is 1. The number of rotatable bonds is 8. The second-order valence-corrected chi connectivity index (χ2v) is 8.19.